The first-order valence-electron chi connectivity index (χ1n) is 10.1. The van der Waals surface area contributed by atoms with E-state index in [1.54, 1.807) is 12.1 Å². The number of carbonyl (C=O) groups is 2. The molecule has 1 aromatic carbocycles. The van der Waals surface area contributed by atoms with Crippen LogP contribution in [0.5, 0.6) is 0 Å². The lowest BCUT2D eigenvalue weighted by atomic mass is 10.0. The minimum Gasteiger partial charge on any atom is -0.388 e. The van der Waals surface area contributed by atoms with Crippen molar-refractivity contribution in [3.8, 4) is 0 Å². The van der Waals surface area contributed by atoms with E-state index < -0.39 is 6.10 Å². The number of carbonyl (C=O) groups excluding carboxylic acids is 2. The zero-order chi connectivity index (χ0) is 19.7. The van der Waals surface area contributed by atoms with E-state index in [2.05, 4.69) is 10.6 Å². The van der Waals surface area contributed by atoms with E-state index in [0.717, 1.165) is 18.4 Å². The van der Waals surface area contributed by atoms with Crippen LogP contribution in [0.1, 0.15) is 48.0 Å². The number of benzene rings is 1. The maximum atomic E-state index is 12.7. The maximum Gasteiger partial charge on any atom is 0.251 e. The minimum absolute atomic E-state index is 0.00735. The quantitative estimate of drug-likeness (QED) is 0.714. The lowest BCUT2D eigenvalue weighted by Crippen LogP contribution is -2.44. The van der Waals surface area contributed by atoms with Gasteiger partial charge >= 0.3 is 0 Å². The lowest BCUT2D eigenvalue weighted by Gasteiger charge is -2.18. The molecule has 0 radical (unpaired) electrons. The summed E-state index contributed by atoms with van der Waals surface area (Å²) >= 11 is 0. The molecule has 4 rings (SSSR count). The average Bonchev–Trinajstić information content (AvgIpc) is 3.38. The minimum atomic E-state index is -0.645. The molecule has 0 aromatic heterocycles. The third-order valence-electron chi connectivity index (χ3n) is 6.07. The second kappa shape index (κ2) is 8.19. The summed E-state index contributed by atoms with van der Waals surface area (Å²) in [7, 11) is 0. The second-order valence-corrected chi connectivity index (χ2v) is 8.18. The topological polar surface area (TPSA) is 96.9 Å². The molecule has 2 aliphatic heterocycles. The van der Waals surface area contributed by atoms with Crippen molar-refractivity contribution in [2.45, 2.75) is 63.4 Å². The van der Waals surface area contributed by atoms with Crippen molar-refractivity contribution >= 4 is 17.5 Å². The normalized spacial score (nSPS) is 29.6. The van der Waals surface area contributed by atoms with Crippen molar-refractivity contribution in [3.05, 3.63) is 29.3 Å². The van der Waals surface area contributed by atoms with Gasteiger partial charge in [0, 0.05) is 17.7 Å². The fourth-order valence-corrected chi connectivity index (χ4v) is 4.43. The Hall–Kier alpha value is -1.96. The molecule has 0 bridgehead atoms. The number of anilines is 1. The molecule has 152 valence electrons. The van der Waals surface area contributed by atoms with Crippen molar-refractivity contribution in [1.29, 1.82) is 0 Å². The average molecular weight is 388 g/mol. The zero-order valence-corrected chi connectivity index (χ0v) is 16.1. The van der Waals surface area contributed by atoms with Gasteiger partial charge in [-0.15, -0.1) is 0 Å². The predicted molar refractivity (Wildman–Crippen MR) is 103 cm³/mol. The monoisotopic (exact) mass is 388 g/mol. The van der Waals surface area contributed by atoms with Gasteiger partial charge in [0.25, 0.3) is 5.91 Å². The first-order valence-corrected chi connectivity index (χ1v) is 10.1. The molecular weight excluding hydrogens is 360 g/mol. The number of amides is 2. The number of aliphatic hydroxyl groups is 1. The van der Waals surface area contributed by atoms with E-state index in [0.29, 0.717) is 30.2 Å². The molecular formula is C21H28N2O5. The van der Waals surface area contributed by atoms with E-state index in [-0.39, 0.29) is 36.7 Å². The van der Waals surface area contributed by atoms with Crippen molar-refractivity contribution in [2.75, 3.05) is 18.5 Å². The van der Waals surface area contributed by atoms with Crippen LogP contribution in [0.15, 0.2) is 18.2 Å². The van der Waals surface area contributed by atoms with Crippen LogP contribution in [0, 0.1) is 12.8 Å². The highest BCUT2D eigenvalue weighted by atomic mass is 16.6. The third-order valence-corrected chi connectivity index (χ3v) is 6.07. The van der Waals surface area contributed by atoms with Crippen molar-refractivity contribution in [1.82, 2.24) is 5.32 Å². The van der Waals surface area contributed by atoms with Crippen LogP contribution in [0.3, 0.4) is 0 Å². The molecule has 3 aliphatic rings. The number of hydrogen-bond acceptors (Lipinski definition) is 5. The van der Waals surface area contributed by atoms with Crippen molar-refractivity contribution in [2.24, 2.45) is 5.92 Å². The summed E-state index contributed by atoms with van der Waals surface area (Å²) in [6.07, 6.45) is 3.85. The third kappa shape index (κ3) is 4.06. The molecule has 1 aliphatic carbocycles. The van der Waals surface area contributed by atoms with Crippen LogP contribution >= 0.6 is 0 Å². The van der Waals surface area contributed by atoms with Crippen LogP contribution in [0.25, 0.3) is 0 Å². The molecule has 3 fully saturated rings. The number of fused-ring (bicyclic) bond motifs is 1. The molecule has 3 N–H and O–H groups in total. The van der Waals surface area contributed by atoms with Crippen molar-refractivity contribution in [3.63, 3.8) is 0 Å². The number of hydrogen-bond donors (Lipinski definition) is 3. The Balaban J connectivity index is 1.38. The summed E-state index contributed by atoms with van der Waals surface area (Å²) < 4.78 is 11.1. The summed E-state index contributed by atoms with van der Waals surface area (Å²) in [6.45, 7) is 2.45. The highest BCUT2D eigenvalue weighted by Crippen LogP contribution is 2.29. The van der Waals surface area contributed by atoms with E-state index in [9.17, 15) is 14.7 Å². The Kier molecular flexibility index (Phi) is 5.66. The summed E-state index contributed by atoms with van der Waals surface area (Å²) in [5.41, 5.74) is 2.07. The van der Waals surface area contributed by atoms with Crippen LogP contribution in [-0.4, -0.2) is 54.5 Å². The molecule has 7 nitrogen and oxygen atoms in total. The molecule has 4 atom stereocenters. The van der Waals surface area contributed by atoms with Gasteiger partial charge < -0.3 is 25.2 Å². The number of aryl methyl sites for hydroxylation is 1. The Morgan fingerprint density at radius 3 is 2.68 bits per heavy atom. The van der Waals surface area contributed by atoms with Gasteiger partial charge in [-0.05, 0) is 43.4 Å². The predicted octanol–water partition coefficient (Wildman–Crippen LogP) is 1.77. The Bertz CT molecular complexity index is 746. The van der Waals surface area contributed by atoms with Crippen molar-refractivity contribution < 1.29 is 24.2 Å². The number of rotatable bonds is 5. The second-order valence-electron chi connectivity index (χ2n) is 8.18. The maximum absolute atomic E-state index is 12.7. The number of nitrogens with one attached hydrogen (secondary N) is 2. The van der Waals surface area contributed by atoms with Gasteiger partial charge in [0.1, 0.15) is 18.3 Å². The Morgan fingerprint density at radius 1 is 1.14 bits per heavy atom. The van der Waals surface area contributed by atoms with E-state index in [1.165, 1.54) is 12.8 Å². The van der Waals surface area contributed by atoms with Gasteiger partial charge in [-0.1, -0.05) is 18.9 Å². The van der Waals surface area contributed by atoms with Crippen LogP contribution in [0.2, 0.25) is 0 Å². The number of aliphatic hydroxyl groups excluding tert-OH is 1. The van der Waals surface area contributed by atoms with Crippen LogP contribution < -0.4 is 10.6 Å². The van der Waals surface area contributed by atoms with Gasteiger partial charge in [-0.3, -0.25) is 9.59 Å². The summed E-state index contributed by atoms with van der Waals surface area (Å²) in [6, 6.07) is 5.00. The van der Waals surface area contributed by atoms with E-state index in [1.807, 2.05) is 13.0 Å². The Labute approximate surface area is 164 Å². The molecule has 2 saturated heterocycles. The highest BCUT2D eigenvalue weighted by Gasteiger charge is 2.47. The van der Waals surface area contributed by atoms with Gasteiger partial charge in [-0.2, -0.15) is 0 Å². The van der Waals surface area contributed by atoms with Crippen LogP contribution in [-0.2, 0) is 14.3 Å². The summed E-state index contributed by atoms with van der Waals surface area (Å²) in [5, 5.41) is 15.7. The summed E-state index contributed by atoms with van der Waals surface area (Å²) in [5.74, 6) is 0.238. The van der Waals surface area contributed by atoms with Gasteiger partial charge in [0.05, 0.1) is 19.3 Å². The first-order chi connectivity index (χ1) is 13.5. The fourth-order valence-electron chi connectivity index (χ4n) is 4.43. The van der Waals surface area contributed by atoms with Crippen LogP contribution in [0.4, 0.5) is 5.69 Å². The largest absolute Gasteiger partial charge is 0.388 e. The smallest absolute Gasteiger partial charge is 0.251 e. The number of ether oxygens (including phenoxy) is 2. The first kappa shape index (κ1) is 19.4. The Morgan fingerprint density at radius 2 is 1.89 bits per heavy atom. The van der Waals surface area contributed by atoms with E-state index >= 15 is 0 Å². The molecule has 7 heteroatoms. The SMILES string of the molecule is Cc1ccc(C(=O)N[C@@H]2CO[C@H]3[C@@H]2OC[C@H]3O)cc1NC(=O)CC1CCCC1. The van der Waals surface area contributed by atoms with Gasteiger partial charge in [0.15, 0.2) is 0 Å². The molecule has 1 saturated carbocycles. The summed E-state index contributed by atoms with van der Waals surface area (Å²) in [4.78, 5) is 25.1. The molecule has 0 unspecified atom stereocenters. The molecule has 1 aromatic rings. The molecule has 2 heterocycles. The lowest BCUT2D eigenvalue weighted by molar-refractivity contribution is -0.117. The standard InChI is InChI=1S/C21H28N2O5/c1-12-6-7-14(9-15(12)22-18(25)8-13-4-2-3-5-13)21(26)23-16-10-27-20-17(24)11-28-19(16)20/h6-7,9,13,16-17,19-20,24H,2-5,8,10-11H2,1H3,(H,22,25)(H,23,26)/t16-,17-,19-,20-/m1/s1. The molecule has 2 amide bonds. The fraction of sp³-hybridized carbons (Fsp3) is 0.619. The molecule has 0 spiro atoms. The molecule has 28 heavy (non-hydrogen) atoms. The highest BCUT2D eigenvalue weighted by molar-refractivity contribution is 5.98. The van der Waals surface area contributed by atoms with E-state index in [4.69, 9.17) is 9.47 Å². The zero-order valence-electron chi connectivity index (χ0n) is 16.1. The van der Waals surface area contributed by atoms with Gasteiger partial charge in [0.2, 0.25) is 5.91 Å². The van der Waals surface area contributed by atoms with Gasteiger partial charge in [-0.25, -0.2) is 0 Å².